The van der Waals surface area contributed by atoms with Crippen molar-refractivity contribution < 1.29 is 4.21 Å². The zero-order valence-corrected chi connectivity index (χ0v) is 11.7. The molecule has 1 aliphatic rings. The lowest BCUT2D eigenvalue weighted by molar-refractivity contribution is 0.504. The van der Waals surface area contributed by atoms with Gasteiger partial charge in [0.05, 0.1) is 11.4 Å². The molecular formula is C11H14Cl2N2OS. The molecule has 2 rings (SSSR count). The van der Waals surface area contributed by atoms with Crippen LogP contribution in [-0.2, 0) is 16.6 Å². The summed E-state index contributed by atoms with van der Waals surface area (Å²) in [5.74, 6) is 0.423. The molecule has 0 aromatic carbocycles. The van der Waals surface area contributed by atoms with Crippen LogP contribution in [0.15, 0.2) is 6.07 Å². The molecule has 0 spiro atoms. The molecule has 1 aliphatic carbocycles. The van der Waals surface area contributed by atoms with E-state index < -0.39 is 10.8 Å². The molecule has 1 heterocycles. The van der Waals surface area contributed by atoms with Crippen LogP contribution in [0.4, 0.5) is 0 Å². The fourth-order valence-corrected chi connectivity index (χ4v) is 4.08. The molecule has 1 unspecified atom stereocenters. The van der Waals surface area contributed by atoms with E-state index in [0.717, 1.165) is 12.8 Å². The summed E-state index contributed by atoms with van der Waals surface area (Å²) >= 11 is 11.5. The Morgan fingerprint density at radius 2 is 1.94 bits per heavy atom. The number of aromatic nitrogens is 2. The van der Waals surface area contributed by atoms with Gasteiger partial charge in [-0.1, -0.05) is 30.9 Å². The topological polar surface area (TPSA) is 42.9 Å². The van der Waals surface area contributed by atoms with E-state index in [2.05, 4.69) is 9.97 Å². The van der Waals surface area contributed by atoms with Crippen molar-refractivity contribution in [1.82, 2.24) is 9.97 Å². The van der Waals surface area contributed by atoms with Gasteiger partial charge in [-0.15, -0.1) is 0 Å². The molecule has 17 heavy (non-hydrogen) atoms. The minimum Gasteiger partial charge on any atom is -0.259 e. The molecule has 1 atom stereocenters. The van der Waals surface area contributed by atoms with Crippen molar-refractivity contribution in [3.8, 4) is 0 Å². The van der Waals surface area contributed by atoms with Crippen LogP contribution < -0.4 is 0 Å². The number of halogens is 2. The van der Waals surface area contributed by atoms with Crippen molar-refractivity contribution >= 4 is 34.0 Å². The van der Waals surface area contributed by atoms with E-state index in [-0.39, 0.29) is 5.28 Å². The number of nitrogens with zero attached hydrogens (tertiary/aromatic N) is 2. The average molecular weight is 293 g/mol. The summed E-state index contributed by atoms with van der Waals surface area (Å²) in [4.78, 5) is 7.82. The molecule has 0 bridgehead atoms. The molecule has 1 aromatic rings. The van der Waals surface area contributed by atoms with Crippen LogP contribution in [0.1, 0.15) is 37.8 Å². The Balaban J connectivity index is 2.01. The molecular weight excluding hydrogens is 279 g/mol. The minimum absolute atomic E-state index is 0.119. The fraction of sp³-hybridized carbons (Fsp3) is 0.636. The molecule has 0 aliphatic heterocycles. The van der Waals surface area contributed by atoms with Gasteiger partial charge in [-0.25, -0.2) is 9.97 Å². The first-order valence-corrected chi connectivity index (χ1v) is 7.85. The first-order valence-electron chi connectivity index (χ1n) is 5.71. The molecule has 0 saturated heterocycles. The second kappa shape index (κ2) is 6.12. The average Bonchev–Trinajstić information content (AvgIpc) is 2.28. The Hall–Kier alpha value is -0.190. The maximum Gasteiger partial charge on any atom is 0.224 e. The van der Waals surface area contributed by atoms with Gasteiger partial charge in [0.2, 0.25) is 5.28 Å². The molecule has 1 aromatic heterocycles. The minimum atomic E-state index is -0.882. The SMILES string of the molecule is O=S(Cc1cc(Cl)nc(Cl)n1)C1CCCCC1. The largest absolute Gasteiger partial charge is 0.259 e. The first kappa shape index (κ1) is 13.2. The van der Waals surface area contributed by atoms with Crippen molar-refractivity contribution in [3.63, 3.8) is 0 Å². The van der Waals surface area contributed by atoms with Gasteiger partial charge in [0.25, 0.3) is 0 Å². The Morgan fingerprint density at radius 3 is 2.59 bits per heavy atom. The first-order chi connectivity index (χ1) is 8.15. The monoisotopic (exact) mass is 292 g/mol. The number of hydrogen-bond donors (Lipinski definition) is 0. The van der Waals surface area contributed by atoms with Crippen LogP contribution in [0.3, 0.4) is 0 Å². The maximum absolute atomic E-state index is 12.2. The highest BCUT2D eigenvalue weighted by Gasteiger charge is 2.20. The second-order valence-corrected chi connectivity index (χ2v) is 6.68. The molecule has 94 valence electrons. The predicted molar refractivity (Wildman–Crippen MR) is 70.8 cm³/mol. The Kier molecular flexibility index (Phi) is 4.77. The van der Waals surface area contributed by atoms with Crippen molar-refractivity contribution in [1.29, 1.82) is 0 Å². The van der Waals surface area contributed by atoms with Gasteiger partial charge in [0, 0.05) is 16.0 Å². The summed E-state index contributed by atoms with van der Waals surface area (Å²) in [6.07, 6.45) is 5.74. The van der Waals surface area contributed by atoms with E-state index in [4.69, 9.17) is 23.2 Å². The number of rotatable bonds is 3. The third kappa shape index (κ3) is 3.90. The van der Waals surface area contributed by atoms with Gasteiger partial charge in [-0.2, -0.15) is 0 Å². The van der Waals surface area contributed by atoms with Crippen LogP contribution >= 0.6 is 23.2 Å². The van der Waals surface area contributed by atoms with Crippen LogP contribution in [0.25, 0.3) is 0 Å². The van der Waals surface area contributed by atoms with E-state index in [0.29, 0.717) is 21.8 Å². The predicted octanol–water partition coefficient (Wildman–Crippen LogP) is 3.36. The number of hydrogen-bond acceptors (Lipinski definition) is 3. The fourth-order valence-electron chi connectivity index (χ4n) is 2.10. The van der Waals surface area contributed by atoms with Crippen molar-refractivity contribution in [2.75, 3.05) is 0 Å². The molecule has 0 N–H and O–H groups in total. The Labute approximate surface area is 113 Å². The lowest BCUT2D eigenvalue weighted by Crippen LogP contribution is -2.20. The summed E-state index contributed by atoms with van der Waals surface area (Å²) in [5, 5.41) is 0.727. The van der Waals surface area contributed by atoms with Crippen molar-refractivity contribution in [2.24, 2.45) is 0 Å². The smallest absolute Gasteiger partial charge is 0.224 e. The lowest BCUT2D eigenvalue weighted by atomic mass is 10.0. The van der Waals surface area contributed by atoms with Crippen molar-refractivity contribution in [2.45, 2.75) is 43.1 Å². The summed E-state index contributed by atoms with van der Waals surface area (Å²) in [5.41, 5.74) is 0.666. The van der Waals surface area contributed by atoms with Crippen LogP contribution in [0.2, 0.25) is 10.4 Å². The van der Waals surface area contributed by atoms with Crippen LogP contribution in [0.5, 0.6) is 0 Å². The van der Waals surface area contributed by atoms with Gasteiger partial charge in [-0.3, -0.25) is 4.21 Å². The second-order valence-electron chi connectivity index (χ2n) is 4.24. The molecule has 0 amide bonds. The Morgan fingerprint density at radius 1 is 1.24 bits per heavy atom. The van der Waals surface area contributed by atoms with Gasteiger partial charge in [0.15, 0.2) is 0 Å². The van der Waals surface area contributed by atoms with Gasteiger partial charge < -0.3 is 0 Å². The van der Waals surface area contributed by atoms with Crippen LogP contribution in [-0.4, -0.2) is 19.4 Å². The molecule has 1 fully saturated rings. The molecule has 3 nitrogen and oxygen atoms in total. The van der Waals surface area contributed by atoms with Gasteiger partial charge in [0.1, 0.15) is 5.15 Å². The third-order valence-electron chi connectivity index (χ3n) is 2.93. The highest BCUT2D eigenvalue weighted by molar-refractivity contribution is 7.84. The quantitative estimate of drug-likeness (QED) is 0.634. The third-order valence-corrected chi connectivity index (χ3v) is 5.09. The molecule has 6 heteroatoms. The summed E-state index contributed by atoms with van der Waals surface area (Å²) in [6, 6.07) is 1.63. The molecule has 0 radical (unpaired) electrons. The van der Waals surface area contributed by atoms with E-state index in [1.54, 1.807) is 6.07 Å². The normalized spacial score (nSPS) is 19.2. The van der Waals surface area contributed by atoms with Gasteiger partial charge >= 0.3 is 0 Å². The molecule has 1 saturated carbocycles. The summed E-state index contributed by atoms with van der Waals surface area (Å²) in [7, 11) is -0.882. The highest BCUT2D eigenvalue weighted by Crippen LogP contribution is 2.24. The van der Waals surface area contributed by atoms with Crippen LogP contribution in [0, 0.1) is 0 Å². The maximum atomic E-state index is 12.2. The van der Waals surface area contributed by atoms with E-state index in [1.165, 1.54) is 19.3 Å². The zero-order chi connectivity index (χ0) is 12.3. The summed E-state index contributed by atoms with van der Waals surface area (Å²) in [6.45, 7) is 0. The van der Waals surface area contributed by atoms with Gasteiger partial charge in [-0.05, 0) is 30.5 Å². The highest BCUT2D eigenvalue weighted by atomic mass is 35.5. The van der Waals surface area contributed by atoms with E-state index in [1.807, 2.05) is 0 Å². The summed E-state index contributed by atoms with van der Waals surface area (Å²) < 4.78 is 12.2. The standard InChI is InChI=1S/C11H14Cl2N2OS/c12-10-6-8(14-11(13)15-10)7-17(16)9-4-2-1-3-5-9/h6,9H,1-5,7H2. The zero-order valence-electron chi connectivity index (χ0n) is 9.36. The van der Waals surface area contributed by atoms with Crippen molar-refractivity contribution in [3.05, 3.63) is 22.2 Å². The van der Waals surface area contributed by atoms with E-state index >= 15 is 0 Å². The Bertz CT molecular complexity index is 402. The van der Waals surface area contributed by atoms with E-state index in [9.17, 15) is 4.21 Å². The lowest BCUT2D eigenvalue weighted by Gasteiger charge is -2.20.